The second-order valence-corrected chi connectivity index (χ2v) is 4.96. The number of carbonyl (C=O) groups is 1. The summed E-state index contributed by atoms with van der Waals surface area (Å²) in [6, 6.07) is 9.75. The Labute approximate surface area is 107 Å². The molecule has 0 aliphatic carbocycles. The van der Waals surface area contributed by atoms with Crippen molar-refractivity contribution < 1.29 is 9.53 Å². The number of amides is 1. The lowest BCUT2D eigenvalue weighted by atomic mass is 10.2. The standard InChI is InChI=1S/C13H19NO2S/c1-4-12(15)14-13(16-3,17-5-2)11-9-7-6-8-10-11/h6-10H,4-5H2,1-3H3,(H,14,15). The molecule has 0 saturated heterocycles. The van der Waals surface area contributed by atoms with E-state index in [0.717, 1.165) is 11.3 Å². The lowest BCUT2D eigenvalue weighted by Crippen LogP contribution is -2.44. The van der Waals surface area contributed by atoms with Gasteiger partial charge in [-0.15, -0.1) is 11.8 Å². The minimum atomic E-state index is -0.775. The fraction of sp³-hybridized carbons (Fsp3) is 0.462. The Morgan fingerprint density at radius 1 is 1.35 bits per heavy atom. The second kappa shape index (κ2) is 6.67. The first-order valence-electron chi connectivity index (χ1n) is 5.74. The summed E-state index contributed by atoms with van der Waals surface area (Å²) in [5, 5.41) is 2.17. The van der Waals surface area contributed by atoms with Gasteiger partial charge in [-0.25, -0.2) is 0 Å². The van der Waals surface area contributed by atoms with Crippen LogP contribution in [0.2, 0.25) is 0 Å². The average Bonchev–Trinajstić information content (AvgIpc) is 2.39. The zero-order chi connectivity index (χ0) is 12.7. The molecule has 0 spiro atoms. The van der Waals surface area contributed by atoms with Crippen molar-refractivity contribution in [3.63, 3.8) is 0 Å². The SMILES string of the molecule is CCSC(NC(=O)CC)(OC)c1ccccc1. The zero-order valence-corrected chi connectivity index (χ0v) is 11.3. The van der Waals surface area contributed by atoms with E-state index in [-0.39, 0.29) is 5.91 Å². The summed E-state index contributed by atoms with van der Waals surface area (Å²) in [6.07, 6.45) is 0.447. The summed E-state index contributed by atoms with van der Waals surface area (Å²) in [6.45, 7) is 3.87. The number of rotatable bonds is 6. The van der Waals surface area contributed by atoms with Crippen molar-refractivity contribution in [1.29, 1.82) is 0 Å². The normalized spacial score (nSPS) is 14.1. The number of benzene rings is 1. The molecule has 1 rings (SSSR count). The van der Waals surface area contributed by atoms with Crippen LogP contribution < -0.4 is 5.32 Å². The molecule has 1 N–H and O–H groups in total. The molecule has 1 aromatic rings. The number of carbonyl (C=O) groups excluding carboxylic acids is 1. The van der Waals surface area contributed by atoms with E-state index < -0.39 is 5.06 Å². The molecular formula is C13H19NO2S. The Morgan fingerprint density at radius 3 is 2.47 bits per heavy atom. The van der Waals surface area contributed by atoms with Crippen molar-refractivity contribution in [2.24, 2.45) is 0 Å². The molecule has 0 saturated carbocycles. The van der Waals surface area contributed by atoms with Gasteiger partial charge in [0.25, 0.3) is 0 Å². The van der Waals surface area contributed by atoms with Gasteiger partial charge in [0.2, 0.25) is 11.0 Å². The largest absolute Gasteiger partial charge is 0.346 e. The molecule has 0 aliphatic rings. The monoisotopic (exact) mass is 253 g/mol. The van der Waals surface area contributed by atoms with Gasteiger partial charge < -0.3 is 10.1 Å². The number of ether oxygens (including phenoxy) is 1. The molecule has 0 bridgehead atoms. The van der Waals surface area contributed by atoms with Gasteiger partial charge in [-0.2, -0.15) is 0 Å². The van der Waals surface area contributed by atoms with Gasteiger partial charge in [-0.05, 0) is 5.75 Å². The van der Waals surface area contributed by atoms with Gasteiger partial charge in [-0.1, -0.05) is 44.2 Å². The van der Waals surface area contributed by atoms with Crippen LogP contribution in [0.15, 0.2) is 30.3 Å². The first-order valence-corrected chi connectivity index (χ1v) is 6.72. The van der Waals surface area contributed by atoms with E-state index in [4.69, 9.17) is 4.74 Å². The quantitative estimate of drug-likeness (QED) is 0.792. The molecule has 1 amide bonds. The Bertz CT molecular complexity index is 356. The molecule has 0 radical (unpaired) electrons. The summed E-state index contributed by atoms with van der Waals surface area (Å²) >= 11 is 1.57. The van der Waals surface area contributed by atoms with Crippen LogP contribution in [0.1, 0.15) is 25.8 Å². The van der Waals surface area contributed by atoms with E-state index in [1.54, 1.807) is 18.9 Å². The van der Waals surface area contributed by atoms with Crippen LogP contribution in [-0.4, -0.2) is 18.8 Å². The summed E-state index contributed by atoms with van der Waals surface area (Å²) < 4.78 is 5.57. The van der Waals surface area contributed by atoms with E-state index >= 15 is 0 Å². The van der Waals surface area contributed by atoms with Crippen LogP contribution in [0, 0.1) is 0 Å². The highest BCUT2D eigenvalue weighted by atomic mass is 32.2. The molecule has 1 aromatic carbocycles. The lowest BCUT2D eigenvalue weighted by Gasteiger charge is -2.32. The van der Waals surface area contributed by atoms with E-state index in [1.807, 2.05) is 44.2 Å². The van der Waals surface area contributed by atoms with Gasteiger partial charge in [0.15, 0.2) is 0 Å². The Morgan fingerprint density at radius 2 is 2.00 bits per heavy atom. The third kappa shape index (κ3) is 3.48. The van der Waals surface area contributed by atoms with Crippen molar-refractivity contribution in [2.45, 2.75) is 25.3 Å². The maximum atomic E-state index is 11.6. The van der Waals surface area contributed by atoms with Crippen molar-refractivity contribution >= 4 is 17.7 Å². The Kier molecular flexibility index (Phi) is 5.51. The number of nitrogens with one attached hydrogen (secondary N) is 1. The molecule has 0 fully saturated rings. The van der Waals surface area contributed by atoms with Gasteiger partial charge >= 0.3 is 0 Å². The number of thioether (sulfide) groups is 1. The predicted octanol–water partition coefficient (Wildman–Crippen LogP) is 2.72. The first-order chi connectivity index (χ1) is 8.18. The molecule has 0 aromatic heterocycles. The number of hydrogen-bond acceptors (Lipinski definition) is 3. The van der Waals surface area contributed by atoms with E-state index in [1.165, 1.54) is 0 Å². The number of hydrogen-bond donors (Lipinski definition) is 1. The second-order valence-electron chi connectivity index (χ2n) is 3.52. The van der Waals surface area contributed by atoms with Crippen molar-refractivity contribution in [1.82, 2.24) is 5.32 Å². The Hall–Kier alpha value is -1.00. The third-order valence-electron chi connectivity index (χ3n) is 2.41. The fourth-order valence-corrected chi connectivity index (χ4v) is 2.57. The topological polar surface area (TPSA) is 38.3 Å². The lowest BCUT2D eigenvalue weighted by molar-refractivity contribution is -0.126. The van der Waals surface area contributed by atoms with E-state index in [0.29, 0.717) is 6.42 Å². The van der Waals surface area contributed by atoms with Crippen molar-refractivity contribution in [3.8, 4) is 0 Å². The summed E-state index contributed by atoms with van der Waals surface area (Å²) in [7, 11) is 1.62. The van der Waals surface area contributed by atoms with Crippen LogP contribution in [0.5, 0.6) is 0 Å². The van der Waals surface area contributed by atoms with Gasteiger partial charge in [0.1, 0.15) is 0 Å². The maximum Gasteiger partial charge on any atom is 0.222 e. The summed E-state index contributed by atoms with van der Waals surface area (Å²) in [5.41, 5.74) is 0.955. The molecule has 1 atom stereocenters. The minimum absolute atomic E-state index is 0.0170. The first kappa shape index (κ1) is 14.1. The minimum Gasteiger partial charge on any atom is -0.346 e. The van der Waals surface area contributed by atoms with Crippen LogP contribution in [0.4, 0.5) is 0 Å². The van der Waals surface area contributed by atoms with Crippen LogP contribution >= 0.6 is 11.8 Å². The molecule has 4 heteroatoms. The summed E-state index contributed by atoms with van der Waals surface area (Å²) in [4.78, 5) is 11.6. The average molecular weight is 253 g/mol. The zero-order valence-electron chi connectivity index (χ0n) is 10.5. The maximum absolute atomic E-state index is 11.6. The molecular weight excluding hydrogens is 234 g/mol. The van der Waals surface area contributed by atoms with Gasteiger partial charge in [0, 0.05) is 19.1 Å². The molecule has 1 unspecified atom stereocenters. The highest BCUT2D eigenvalue weighted by Gasteiger charge is 2.33. The highest BCUT2D eigenvalue weighted by Crippen LogP contribution is 2.34. The predicted molar refractivity (Wildman–Crippen MR) is 71.7 cm³/mol. The third-order valence-corrected chi connectivity index (χ3v) is 3.61. The van der Waals surface area contributed by atoms with Crippen LogP contribution in [-0.2, 0) is 14.6 Å². The van der Waals surface area contributed by atoms with Crippen molar-refractivity contribution in [2.75, 3.05) is 12.9 Å². The van der Waals surface area contributed by atoms with E-state index in [2.05, 4.69) is 5.32 Å². The molecule has 17 heavy (non-hydrogen) atoms. The van der Waals surface area contributed by atoms with Gasteiger partial charge in [0.05, 0.1) is 0 Å². The van der Waals surface area contributed by atoms with E-state index in [9.17, 15) is 4.79 Å². The number of methoxy groups -OCH3 is 1. The molecule has 3 nitrogen and oxygen atoms in total. The van der Waals surface area contributed by atoms with Crippen LogP contribution in [0.3, 0.4) is 0 Å². The highest BCUT2D eigenvalue weighted by molar-refractivity contribution is 8.00. The molecule has 0 aliphatic heterocycles. The molecule has 0 heterocycles. The van der Waals surface area contributed by atoms with Gasteiger partial charge in [-0.3, -0.25) is 4.79 Å². The fourth-order valence-electron chi connectivity index (χ4n) is 1.55. The Balaban J connectivity index is 3.04. The smallest absolute Gasteiger partial charge is 0.222 e. The van der Waals surface area contributed by atoms with Crippen molar-refractivity contribution in [3.05, 3.63) is 35.9 Å². The van der Waals surface area contributed by atoms with Crippen LogP contribution in [0.25, 0.3) is 0 Å². The molecule has 94 valence electrons. The summed E-state index contributed by atoms with van der Waals surface area (Å²) in [5.74, 6) is 0.837.